The van der Waals surface area contributed by atoms with Crippen molar-refractivity contribution >= 4 is 0 Å². The van der Waals surface area contributed by atoms with Crippen LogP contribution in [0.4, 0.5) is 0 Å². The summed E-state index contributed by atoms with van der Waals surface area (Å²) in [4.78, 5) is 0. The van der Waals surface area contributed by atoms with E-state index in [0.29, 0.717) is 33.0 Å². The predicted octanol–water partition coefficient (Wildman–Crippen LogP) is 1.46. The van der Waals surface area contributed by atoms with Crippen LogP contribution >= 0.6 is 0 Å². The van der Waals surface area contributed by atoms with Gasteiger partial charge in [-0.05, 0) is 13.3 Å². The molecule has 0 aliphatic carbocycles. The van der Waals surface area contributed by atoms with Crippen LogP contribution in [0.1, 0.15) is 26.7 Å². The van der Waals surface area contributed by atoms with Crippen LogP contribution in [0.15, 0.2) is 0 Å². The Kier molecular flexibility index (Phi) is 15.7. The molecule has 1 N–H and O–H groups in total. The zero-order valence-electron chi connectivity index (χ0n) is 12.8. The van der Waals surface area contributed by atoms with Crippen molar-refractivity contribution in [2.45, 2.75) is 32.8 Å². The van der Waals surface area contributed by atoms with E-state index in [4.69, 9.17) is 18.9 Å². The number of methoxy groups -OCH3 is 1. The number of rotatable bonds is 15. The van der Waals surface area contributed by atoms with Gasteiger partial charge < -0.3 is 24.3 Å². The number of nitrogens with one attached hydrogen (secondary N) is 1. The largest absolute Gasteiger partial charge is 0.380 e. The molecule has 0 heterocycles. The normalized spacial score (nSPS) is 12.8. The Hall–Kier alpha value is -0.200. The fourth-order valence-corrected chi connectivity index (χ4v) is 1.32. The van der Waals surface area contributed by atoms with Crippen LogP contribution in [0, 0.1) is 0 Å². The highest BCUT2D eigenvalue weighted by Crippen LogP contribution is 1.88. The van der Waals surface area contributed by atoms with Crippen molar-refractivity contribution < 1.29 is 18.9 Å². The van der Waals surface area contributed by atoms with Crippen molar-refractivity contribution in [3.05, 3.63) is 0 Å². The van der Waals surface area contributed by atoms with E-state index in [1.807, 2.05) is 6.92 Å². The molecule has 0 aliphatic rings. The summed E-state index contributed by atoms with van der Waals surface area (Å²) in [5, 5.41) is 3.26. The molecule has 5 heteroatoms. The van der Waals surface area contributed by atoms with Gasteiger partial charge in [-0.15, -0.1) is 0 Å². The maximum atomic E-state index is 5.43. The Balaban J connectivity index is 2.95. The molecule has 0 rings (SSSR count). The molecule has 1 unspecified atom stereocenters. The van der Waals surface area contributed by atoms with Gasteiger partial charge in [0.2, 0.25) is 0 Å². The van der Waals surface area contributed by atoms with Crippen molar-refractivity contribution in [1.29, 1.82) is 0 Å². The summed E-state index contributed by atoms with van der Waals surface area (Å²) < 4.78 is 21.3. The van der Waals surface area contributed by atoms with Gasteiger partial charge in [-0.3, -0.25) is 0 Å². The van der Waals surface area contributed by atoms with Gasteiger partial charge in [0.05, 0.1) is 39.1 Å². The van der Waals surface area contributed by atoms with Crippen molar-refractivity contribution in [3.8, 4) is 0 Å². The molecule has 0 aromatic heterocycles. The summed E-state index contributed by atoms with van der Waals surface area (Å²) in [6.45, 7) is 10.0. The summed E-state index contributed by atoms with van der Waals surface area (Å²) >= 11 is 0. The van der Waals surface area contributed by atoms with Gasteiger partial charge in [-0.1, -0.05) is 13.3 Å². The van der Waals surface area contributed by atoms with E-state index < -0.39 is 0 Å². The first-order valence-corrected chi connectivity index (χ1v) is 7.28. The van der Waals surface area contributed by atoms with Crippen LogP contribution in [0.25, 0.3) is 0 Å². The molecule has 0 bridgehead atoms. The maximum absolute atomic E-state index is 5.43. The second-order valence-electron chi connectivity index (χ2n) is 4.44. The third kappa shape index (κ3) is 15.7. The highest BCUT2D eigenvalue weighted by Gasteiger charge is 1.97. The first kappa shape index (κ1) is 18.8. The Morgan fingerprint density at radius 2 is 1.47 bits per heavy atom. The van der Waals surface area contributed by atoms with E-state index in [1.165, 1.54) is 6.42 Å². The fraction of sp³-hybridized carbons (Fsp3) is 1.00. The zero-order chi connectivity index (χ0) is 14.2. The molecule has 0 amide bonds. The lowest BCUT2D eigenvalue weighted by Gasteiger charge is -2.11. The lowest BCUT2D eigenvalue weighted by Crippen LogP contribution is -2.29. The average Bonchev–Trinajstić information content (AvgIpc) is 2.43. The minimum absolute atomic E-state index is 0.246. The number of hydrogen-bond acceptors (Lipinski definition) is 5. The molecule has 0 aliphatic heterocycles. The summed E-state index contributed by atoms with van der Waals surface area (Å²) in [5.74, 6) is 0. The molecule has 0 saturated heterocycles. The number of ether oxygens (including phenoxy) is 4. The summed E-state index contributed by atoms with van der Waals surface area (Å²) in [6, 6.07) is 0. The van der Waals surface area contributed by atoms with Crippen molar-refractivity contribution in [3.63, 3.8) is 0 Å². The van der Waals surface area contributed by atoms with Gasteiger partial charge >= 0.3 is 0 Å². The molecule has 1 atom stereocenters. The van der Waals surface area contributed by atoms with Gasteiger partial charge in [0.15, 0.2) is 0 Å². The molecule has 116 valence electrons. The van der Waals surface area contributed by atoms with Gasteiger partial charge in [0, 0.05) is 26.8 Å². The molecule has 0 saturated carbocycles. The molecular formula is C14H31NO4. The van der Waals surface area contributed by atoms with E-state index in [0.717, 1.165) is 26.1 Å². The van der Waals surface area contributed by atoms with Crippen molar-refractivity contribution in [2.75, 3.05) is 59.8 Å². The van der Waals surface area contributed by atoms with Crippen molar-refractivity contribution in [2.24, 2.45) is 0 Å². The van der Waals surface area contributed by atoms with Gasteiger partial charge in [-0.2, -0.15) is 0 Å². The Morgan fingerprint density at radius 1 is 0.895 bits per heavy atom. The van der Waals surface area contributed by atoms with Crippen LogP contribution in [-0.4, -0.2) is 65.9 Å². The third-order valence-corrected chi connectivity index (χ3v) is 2.64. The van der Waals surface area contributed by atoms with E-state index in [2.05, 4.69) is 12.2 Å². The topological polar surface area (TPSA) is 49.0 Å². The first-order chi connectivity index (χ1) is 9.31. The van der Waals surface area contributed by atoms with Crippen molar-refractivity contribution in [1.82, 2.24) is 5.32 Å². The minimum Gasteiger partial charge on any atom is -0.380 e. The highest BCUT2D eigenvalue weighted by molar-refractivity contribution is 4.53. The fourth-order valence-electron chi connectivity index (χ4n) is 1.32. The van der Waals surface area contributed by atoms with E-state index in [-0.39, 0.29) is 6.10 Å². The second kappa shape index (κ2) is 15.9. The van der Waals surface area contributed by atoms with Crippen LogP contribution in [0.5, 0.6) is 0 Å². The maximum Gasteiger partial charge on any atom is 0.0701 e. The quantitative estimate of drug-likeness (QED) is 0.459. The highest BCUT2D eigenvalue weighted by atomic mass is 16.5. The van der Waals surface area contributed by atoms with Crippen LogP contribution in [0.3, 0.4) is 0 Å². The molecule has 0 fully saturated rings. The Bertz CT molecular complexity index is 170. The molecule has 0 spiro atoms. The number of hydrogen-bond donors (Lipinski definition) is 1. The first-order valence-electron chi connectivity index (χ1n) is 7.28. The Morgan fingerprint density at radius 3 is 2.05 bits per heavy atom. The summed E-state index contributed by atoms with van der Waals surface area (Å²) in [6.07, 6.45) is 2.54. The lowest BCUT2D eigenvalue weighted by molar-refractivity contribution is 0.0142. The smallest absolute Gasteiger partial charge is 0.0701 e. The van der Waals surface area contributed by atoms with Gasteiger partial charge in [0.1, 0.15) is 0 Å². The molecular weight excluding hydrogens is 246 g/mol. The molecule has 19 heavy (non-hydrogen) atoms. The lowest BCUT2D eigenvalue weighted by atomic mass is 10.4. The minimum atomic E-state index is 0.246. The van der Waals surface area contributed by atoms with Gasteiger partial charge in [0.25, 0.3) is 0 Å². The number of unbranched alkanes of at least 4 members (excludes halogenated alkanes) is 1. The van der Waals surface area contributed by atoms with Crippen LogP contribution in [-0.2, 0) is 18.9 Å². The van der Waals surface area contributed by atoms with Crippen LogP contribution < -0.4 is 5.32 Å². The molecule has 0 radical (unpaired) electrons. The monoisotopic (exact) mass is 277 g/mol. The van der Waals surface area contributed by atoms with E-state index in [1.54, 1.807) is 7.11 Å². The van der Waals surface area contributed by atoms with Gasteiger partial charge in [-0.25, -0.2) is 0 Å². The molecule has 0 aromatic carbocycles. The van der Waals surface area contributed by atoms with E-state index >= 15 is 0 Å². The second-order valence-corrected chi connectivity index (χ2v) is 4.44. The summed E-state index contributed by atoms with van der Waals surface area (Å²) in [5.41, 5.74) is 0. The van der Waals surface area contributed by atoms with Crippen LogP contribution in [0.2, 0.25) is 0 Å². The average molecular weight is 277 g/mol. The Labute approximate surface area is 117 Å². The molecule has 0 aromatic rings. The zero-order valence-corrected chi connectivity index (χ0v) is 12.8. The van der Waals surface area contributed by atoms with E-state index in [9.17, 15) is 0 Å². The summed E-state index contributed by atoms with van der Waals surface area (Å²) in [7, 11) is 1.71. The predicted molar refractivity (Wildman–Crippen MR) is 76.7 cm³/mol. The molecule has 5 nitrogen and oxygen atoms in total. The standard InChI is InChI=1S/C14H31NO4/c1-4-5-7-17-9-11-19-12-10-18-8-6-15-13-14(2)16-3/h14-15H,4-13H2,1-3H3. The third-order valence-electron chi connectivity index (χ3n) is 2.64. The SMILES string of the molecule is CCCCOCCOCCOCCNCC(C)OC.